The Hall–Kier alpha value is -5.35. The number of amides is 1. The lowest BCUT2D eigenvalue weighted by Crippen LogP contribution is -2.11. The summed E-state index contributed by atoms with van der Waals surface area (Å²) in [6.45, 7) is 0. The highest BCUT2D eigenvalue weighted by molar-refractivity contribution is 7.15. The number of carbonyl (C=O) groups excluding carboxylic acids is 1. The van der Waals surface area contributed by atoms with Gasteiger partial charge in [-0.1, -0.05) is 30.3 Å². The first-order valence-corrected chi connectivity index (χ1v) is 13.1. The summed E-state index contributed by atoms with van der Waals surface area (Å²) in [5, 5.41) is 16.3. The molecular formula is C29H20N8OS. The highest BCUT2D eigenvalue weighted by Crippen LogP contribution is 2.35. The lowest BCUT2D eigenvalue weighted by molar-refractivity contribution is 0.102. The fourth-order valence-corrected chi connectivity index (χ4v) is 5.18. The first-order chi connectivity index (χ1) is 19.2. The third-order valence-electron chi connectivity index (χ3n) is 6.29. The largest absolute Gasteiger partial charge is 0.324 e. The molecule has 3 N–H and O–H groups in total. The molecular weight excluding hydrogens is 508 g/mol. The smallest absolute Gasteiger partial charge is 0.255 e. The van der Waals surface area contributed by atoms with Crippen LogP contribution in [0.4, 0.5) is 17.3 Å². The Labute approximate surface area is 226 Å². The van der Waals surface area contributed by atoms with Crippen LogP contribution in [0.2, 0.25) is 0 Å². The molecule has 0 aliphatic carbocycles. The summed E-state index contributed by atoms with van der Waals surface area (Å²) in [6, 6.07) is 24.6. The number of H-pyrrole nitrogens is 1. The molecule has 7 rings (SSSR count). The topological polar surface area (TPSA) is 113 Å². The van der Waals surface area contributed by atoms with Gasteiger partial charge in [0.05, 0.1) is 23.1 Å². The van der Waals surface area contributed by atoms with Crippen LogP contribution in [-0.2, 0) is 0 Å². The van der Waals surface area contributed by atoms with Gasteiger partial charge in [-0.2, -0.15) is 5.10 Å². The number of aromatic amines is 1. The lowest BCUT2D eigenvalue weighted by atomic mass is 10.1. The van der Waals surface area contributed by atoms with E-state index in [-0.39, 0.29) is 5.91 Å². The molecule has 0 saturated heterocycles. The maximum absolute atomic E-state index is 12.7. The molecule has 0 fully saturated rings. The maximum Gasteiger partial charge on any atom is 0.255 e. The van der Waals surface area contributed by atoms with Gasteiger partial charge in [0, 0.05) is 45.7 Å². The minimum absolute atomic E-state index is 0.168. The van der Waals surface area contributed by atoms with Gasteiger partial charge in [0.15, 0.2) is 4.96 Å². The Morgan fingerprint density at radius 1 is 0.923 bits per heavy atom. The number of fused-ring (bicyclic) bond motifs is 2. The van der Waals surface area contributed by atoms with Crippen LogP contribution < -0.4 is 10.6 Å². The molecule has 0 spiro atoms. The van der Waals surface area contributed by atoms with Crippen LogP contribution in [0.15, 0.2) is 103 Å². The van der Waals surface area contributed by atoms with E-state index in [0.29, 0.717) is 17.2 Å². The van der Waals surface area contributed by atoms with Crippen molar-refractivity contribution < 1.29 is 4.79 Å². The van der Waals surface area contributed by atoms with Crippen molar-refractivity contribution in [3.8, 4) is 22.6 Å². The third-order valence-corrected chi connectivity index (χ3v) is 7.04. The SMILES string of the molecule is O=C(Nc1cccc(-c2nc3sccn3c2-c2ccnc(Nc3ccc4[nH]ncc4c3)n2)c1)c1ccccc1. The van der Waals surface area contributed by atoms with Gasteiger partial charge in [-0.05, 0) is 48.5 Å². The minimum atomic E-state index is -0.168. The van der Waals surface area contributed by atoms with Gasteiger partial charge in [-0.25, -0.2) is 15.0 Å². The number of carbonyl (C=O) groups is 1. The predicted molar refractivity (Wildman–Crippen MR) is 153 cm³/mol. The number of benzene rings is 3. The molecule has 10 heteroatoms. The normalized spacial score (nSPS) is 11.2. The zero-order chi connectivity index (χ0) is 26.2. The predicted octanol–water partition coefficient (Wildman–Crippen LogP) is 6.39. The van der Waals surface area contributed by atoms with Gasteiger partial charge in [-0.3, -0.25) is 14.3 Å². The van der Waals surface area contributed by atoms with Gasteiger partial charge < -0.3 is 10.6 Å². The number of rotatable bonds is 6. The van der Waals surface area contributed by atoms with Crippen LogP contribution in [-0.4, -0.2) is 35.5 Å². The van der Waals surface area contributed by atoms with Crippen LogP contribution >= 0.6 is 11.3 Å². The Bertz CT molecular complexity index is 1960. The van der Waals surface area contributed by atoms with Gasteiger partial charge >= 0.3 is 0 Å². The number of nitrogens with one attached hydrogen (secondary N) is 3. The maximum atomic E-state index is 12.7. The monoisotopic (exact) mass is 528 g/mol. The molecule has 0 atom stereocenters. The van der Waals surface area contributed by atoms with Crippen LogP contribution in [0.25, 0.3) is 38.5 Å². The van der Waals surface area contributed by atoms with E-state index < -0.39 is 0 Å². The summed E-state index contributed by atoms with van der Waals surface area (Å²) in [5.74, 6) is 0.300. The average molecular weight is 529 g/mol. The van der Waals surface area contributed by atoms with Gasteiger partial charge in [0.25, 0.3) is 5.91 Å². The van der Waals surface area contributed by atoms with E-state index in [4.69, 9.17) is 9.97 Å². The first-order valence-electron chi connectivity index (χ1n) is 12.2. The van der Waals surface area contributed by atoms with E-state index in [0.717, 1.165) is 44.2 Å². The molecule has 1 amide bonds. The third kappa shape index (κ3) is 4.38. The van der Waals surface area contributed by atoms with Gasteiger partial charge in [0.2, 0.25) is 5.95 Å². The summed E-state index contributed by atoms with van der Waals surface area (Å²) in [7, 11) is 0. The van der Waals surface area contributed by atoms with Crippen molar-refractivity contribution in [3.05, 3.63) is 108 Å². The molecule has 3 aromatic carbocycles. The van der Waals surface area contributed by atoms with Crippen LogP contribution in [0, 0.1) is 0 Å². The summed E-state index contributed by atoms with van der Waals surface area (Å²) in [6.07, 6.45) is 5.49. The number of hydrogen-bond acceptors (Lipinski definition) is 7. The van der Waals surface area contributed by atoms with E-state index in [9.17, 15) is 4.79 Å². The number of imidazole rings is 1. The second-order valence-corrected chi connectivity index (χ2v) is 9.70. The second kappa shape index (κ2) is 9.51. The molecule has 0 saturated carbocycles. The van der Waals surface area contributed by atoms with Crippen molar-refractivity contribution in [1.29, 1.82) is 0 Å². The molecule has 0 aliphatic heterocycles. The van der Waals surface area contributed by atoms with Crippen LogP contribution in [0.5, 0.6) is 0 Å². The Morgan fingerprint density at radius 3 is 2.77 bits per heavy atom. The minimum Gasteiger partial charge on any atom is -0.324 e. The van der Waals surface area contributed by atoms with Gasteiger partial charge in [-0.15, -0.1) is 11.3 Å². The second-order valence-electron chi connectivity index (χ2n) is 8.83. The van der Waals surface area contributed by atoms with E-state index in [1.165, 1.54) is 0 Å². The Morgan fingerprint density at radius 2 is 1.85 bits per heavy atom. The Kier molecular flexibility index (Phi) is 5.56. The van der Waals surface area contributed by atoms with Crippen molar-refractivity contribution in [2.75, 3.05) is 10.6 Å². The number of hydrogen-bond donors (Lipinski definition) is 3. The van der Waals surface area contributed by atoms with E-state index in [1.807, 2.05) is 82.7 Å². The molecule has 7 aromatic rings. The summed E-state index contributed by atoms with van der Waals surface area (Å²) in [5.41, 5.74) is 6.29. The van der Waals surface area contributed by atoms with Crippen molar-refractivity contribution in [3.63, 3.8) is 0 Å². The van der Waals surface area contributed by atoms with Crippen LogP contribution in [0.3, 0.4) is 0 Å². The highest BCUT2D eigenvalue weighted by atomic mass is 32.1. The molecule has 39 heavy (non-hydrogen) atoms. The molecule has 9 nitrogen and oxygen atoms in total. The molecule has 0 unspecified atom stereocenters. The van der Waals surface area contributed by atoms with Crippen molar-refractivity contribution in [1.82, 2.24) is 29.5 Å². The molecule has 188 valence electrons. The number of aromatic nitrogens is 6. The van der Waals surface area contributed by atoms with Crippen molar-refractivity contribution in [2.45, 2.75) is 0 Å². The standard InChI is InChI=1S/C29H20N8OS/c38-27(18-5-2-1-3-6-18)32-21-8-4-7-19(15-21)25-26(37-13-14-39-29(37)35-25)24-11-12-30-28(34-24)33-22-9-10-23-20(16-22)17-31-36-23/h1-17H,(H,31,36)(H,32,38)(H,30,33,34). The van der Waals surface area contributed by atoms with Gasteiger partial charge in [0.1, 0.15) is 5.69 Å². The molecule has 0 aliphatic rings. The summed E-state index contributed by atoms with van der Waals surface area (Å²) in [4.78, 5) is 27.8. The fourth-order valence-electron chi connectivity index (χ4n) is 4.47. The molecule has 0 radical (unpaired) electrons. The van der Waals surface area contributed by atoms with E-state index in [2.05, 4.69) is 25.8 Å². The van der Waals surface area contributed by atoms with Crippen molar-refractivity contribution in [2.24, 2.45) is 0 Å². The highest BCUT2D eigenvalue weighted by Gasteiger charge is 2.19. The van der Waals surface area contributed by atoms with Crippen molar-refractivity contribution >= 4 is 50.4 Å². The zero-order valence-electron chi connectivity index (χ0n) is 20.4. The van der Waals surface area contributed by atoms with E-state index >= 15 is 0 Å². The van der Waals surface area contributed by atoms with E-state index in [1.54, 1.807) is 35.9 Å². The number of anilines is 3. The number of thiazole rings is 1. The quantitative estimate of drug-likeness (QED) is 0.230. The lowest BCUT2D eigenvalue weighted by Gasteiger charge is -2.10. The fraction of sp³-hybridized carbons (Fsp3) is 0. The summed E-state index contributed by atoms with van der Waals surface area (Å²) < 4.78 is 2.03. The Balaban J connectivity index is 1.24. The summed E-state index contributed by atoms with van der Waals surface area (Å²) >= 11 is 1.55. The first kappa shape index (κ1) is 22.8. The van der Waals surface area contributed by atoms with Crippen LogP contribution in [0.1, 0.15) is 10.4 Å². The average Bonchev–Trinajstić information content (AvgIpc) is 3.70. The molecule has 0 bridgehead atoms. The molecule has 4 aromatic heterocycles. The number of nitrogens with zero attached hydrogens (tertiary/aromatic N) is 5. The zero-order valence-corrected chi connectivity index (χ0v) is 21.2. The molecule has 4 heterocycles.